The molecule has 1 aliphatic carbocycles. The molecule has 0 aliphatic heterocycles. The van der Waals surface area contributed by atoms with E-state index in [9.17, 15) is 14.7 Å². The van der Waals surface area contributed by atoms with E-state index in [1.165, 1.54) is 36.0 Å². The number of carboxylic acids is 1. The molecule has 2 aromatic carbocycles. The molecule has 2 aromatic rings. The van der Waals surface area contributed by atoms with Gasteiger partial charge in [-0.05, 0) is 80.8 Å². The number of carbonyl (C=O) groups excluding carboxylic acids is 1. The highest BCUT2D eigenvalue weighted by atomic mass is 16.6. The number of carboxylic acid groups (broad SMARTS) is 1. The molecule has 6 nitrogen and oxygen atoms in total. The molecule has 0 radical (unpaired) electrons. The van der Waals surface area contributed by atoms with Crippen molar-refractivity contribution in [2.75, 3.05) is 6.61 Å². The summed E-state index contributed by atoms with van der Waals surface area (Å²) in [5, 5.41) is 11.9. The van der Waals surface area contributed by atoms with Crippen molar-refractivity contribution in [3.8, 4) is 5.75 Å². The number of aliphatic carboxylic acids is 1. The Bertz CT molecular complexity index is 947. The Labute approximate surface area is 189 Å². The Morgan fingerprint density at radius 1 is 1.03 bits per heavy atom. The Morgan fingerprint density at radius 2 is 1.78 bits per heavy atom. The second-order valence-electron chi connectivity index (χ2n) is 9.30. The minimum absolute atomic E-state index is 0.136. The van der Waals surface area contributed by atoms with Crippen LogP contribution in [0, 0.1) is 0 Å². The first-order valence-electron chi connectivity index (χ1n) is 11.2. The maximum Gasteiger partial charge on any atom is 0.408 e. The molecule has 1 aliphatic rings. The summed E-state index contributed by atoms with van der Waals surface area (Å²) in [6.07, 6.45) is 5.09. The fraction of sp³-hybridized carbons (Fsp3) is 0.462. The number of benzene rings is 2. The minimum Gasteiger partial charge on any atom is -0.493 e. The smallest absolute Gasteiger partial charge is 0.408 e. The van der Waals surface area contributed by atoms with Gasteiger partial charge < -0.3 is 19.9 Å². The largest absolute Gasteiger partial charge is 0.493 e. The van der Waals surface area contributed by atoms with Crippen LogP contribution < -0.4 is 10.1 Å². The first kappa shape index (κ1) is 23.6. The van der Waals surface area contributed by atoms with E-state index in [1.807, 2.05) is 24.3 Å². The highest BCUT2D eigenvalue weighted by Gasteiger charge is 2.24. The minimum atomic E-state index is -1.12. The van der Waals surface area contributed by atoms with Crippen LogP contribution in [0.25, 0.3) is 0 Å². The summed E-state index contributed by atoms with van der Waals surface area (Å²) in [5.41, 5.74) is 4.28. The van der Waals surface area contributed by atoms with Crippen molar-refractivity contribution in [1.29, 1.82) is 0 Å². The van der Waals surface area contributed by atoms with E-state index >= 15 is 0 Å². The van der Waals surface area contributed by atoms with Crippen molar-refractivity contribution in [2.45, 2.75) is 70.9 Å². The maximum absolute atomic E-state index is 12.0. The lowest BCUT2D eigenvalue weighted by atomic mass is 9.90. The highest BCUT2D eigenvalue weighted by molar-refractivity contribution is 5.80. The number of carbonyl (C=O) groups is 2. The molecule has 0 bridgehead atoms. The fourth-order valence-corrected chi connectivity index (χ4v) is 3.88. The topological polar surface area (TPSA) is 84.9 Å². The van der Waals surface area contributed by atoms with Crippen molar-refractivity contribution in [3.63, 3.8) is 0 Å². The predicted octanol–water partition coefficient (Wildman–Crippen LogP) is 4.71. The Balaban J connectivity index is 1.54. The van der Waals surface area contributed by atoms with Crippen molar-refractivity contribution in [2.24, 2.45) is 0 Å². The van der Waals surface area contributed by atoms with Gasteiger partial charge in [0.15, 0.2) is 0 Å². The van der Waals surface area contributed by atoms with Gasteiger partial charge in [-0.15, -0.1) is 0 Å². The average Bonchev–Trinajstić information content (AvgIpc) is 2.72. The maximum atomic E-state index is 12.0. The third-order valence-electron chi connectivity index (χ3n) is 5.40. The molecule has 1 amide bonds. The summed E-state index contributed by atoms with van der Waals surface area (Å²) in [7, 11) is 0. The number of hydrogen-bond donors (Lipinski definition) is 2. The number of nitrogens with one attached hydrogen (secondary N) is 1. The SMILES string of the molecule is CC(C)(C)OC(=O)N[C@@H](Cc1cccc(OCCc2ccc3c(c2)CCCC3)c1)C(=O)O. The number of rotatable bonds is 8. The van der Waals surface area contributed by atoms with Crippen LogP contribution in [0.1, 0.15) is 55.9 Å². The number of alkyl carbamates (subject to hydrolysis) is 1. The molecule has 32 heavy (non-hydrogen) atoms. The van der Waals surface area contributed by atoms with Crippen LogP contribution >= 0.6 is 0 Å². The first-order chi connectivity index (χ1) is 15.2. The van der Waals surface area contributed by atoms with Crippen molar-refractivity contribution in [1.82, 2.24) is 5.32 Å². The third kappa shape index (κ3) is 7.29. The van der Waals surface area contributed by atoms with Gasteiger partial charge in [-0.3, -0.25) is 0 Å². The van der Waals surface area contributed by atoms with E-state index in [0.29, 0.717) is 12.4 Å². The summed E-state index contributed by atoms with van der Waals surface area (Å²) >= 11 is 0. The van der Waals surface area contributed by atoms with Crippen LogP contribution in [0.3, 0.4) is 0 Å². The summed E-state index contributed by atoms with van der Waals surface area (Å²) < 4.78 is 11.1. The molecule has 0 fully saturated rings. The van der Waals surface area contributed by atoms with Gasteiger partial charge in [-0.2, -0.15) is 0 Å². The monoisotopic (exact) mass is 439 g/mol. The standard InChI is InChI=1S/C26H33NO5/c1-26(2,3)32-25(30)27-23(24(28)29)17-19-7-6-10-22(16-19)31-14-13-18-11-12-20-8-4-5-9-21(20)15-18/h6-7,10-12,15-16,23H,4-5,8-9,13-14,17H2,1-3H3,(H,27,30)(H,28,29)/t23-/m0/s1. The van der Waals surface area contributed by atoms with Crippen LogP contribution in [-0.4, -0.2) is 35.4 Å². The highest BCUT2D eigenvalue weighted by Crippen LogP contribution is 2.23. The molecule has 6 heteroatoms. The van der Waals surface area contributed by atoms with Gasteiger partial charge in [-0.25, -0.2) is 9.59 Å². The van der Waals surface area contributed by atoms with Crippen LogP contribution in [0.15, 0.2) is 42.5 Å². The lowest BCUT2D eigenvalue weighted by Crippen LogP contribution is -2.44. The summed E-state index contributed by atoms with van der Waals surface area (Å²) in [6.45, 7) is 5.73. The van der Waals surface area contributed by atoms with Gasteiger partial charge in [0.1, 0.15) is 17.4 Å². The molecule has 2 N–H and O–H groups in total. The summed E-state index contributed by atoms with van der Waals surface area (Å²) in [5.74, 6) is -0.434. The third-order valence-corrected chi connectivity index (χ3v) is 5.40. The zero-order valence-corrected chi connectivity index (χ0v) is 19.1. The van der Waals surface area contributed by atoms with Crippen LogP contribution in [0.2, 0.25) is 0 Å². The van der Waals surface area contributed by atoms with E-state index < -0.39 is 23.7 Å². The molecule has 0 saturated carbocycles. The molecule has 1 atom stereocenters. The normalized spacial score (nSPS) is 14.2. The number of aryl methyl sites for hydroxylation is 2. The number of fused-ring (bicyclic) bond motifs is 1. The Hall–Kier alpha value is -3.02. The van der Waals surface area contributed by atoms with E-state index in [2.05, 4.69) is 23.5 Å². The van der Waals surface area contributed by atoms with Crippen LogP contribution in [0.4, 0.5) is 4.79 Å². The quantitative estimate of drug-likeness (QED) is 0.622. The molecule has 0 heterocycles. The molecule has 3 rings (SSSR count). The lowest BCUT2D eigenvalue weighted by Gasteiger charge is -2.22. The van der Waals surface area contributed by atoms with Gasteiger partial charge >= 0.3 is 12.1 Å². The predicted molar refractivity (Wildman–Crippen MR) is 123 cm³/mol. The van der Waals surface area contributed by atoms with E-state index in [4.69, 9.17) is 9.47 Å². The van der Waals surface area contributed by atoms with Crippen molar-refractivity contribution in [3.05, 3.63) is 64.7 Å². The van der Waals surface area contributed by atoms with Gasteiger partial charge in [0.05, 0.1) is 6.61 Å². The molecule has 0 unspecified atom stereocenters. The van der Waals surface area contributed by atoms with E-state index in [0.717, 1.165) is 18.4 Å². The Kier molecular flexibility index (Phi) is 7.78. The molecule has 0 spiro atoms. The number of hydrogen-bond acceptors (Lipinski definition) is 4. The van der Waals surface area contributed by atoms with Gasteiger partial charge in [-0.1, -0.05) is 30.3 Å². The van der Waals surface area contributed by atoms with Crippen LogP contribution in [0.5, 0.6) is 5.75 Å². The molecule has 172 valence electrons. The van der Waals surface area contributed by atoms with Crippen LogP contribution in [-0.2, 0) is 35.2 Å². The van der Waals surface area contributed by atoms with Gasteiger partial charge in [0.25, 0.3) is 0 Å². The second kappa shape index (κ2) is 10.5. The number of ether oxygens (including phenoxy) is 2. The molecule has 0 aromatic heterocycles. The average molecular weight is 440 g/mol. The lowest BCUT2D eigenvalue weighted by molar-refractivity contribution is -0.139. The van der Waals surface area contributed by atoms with E-state index in [1.54, 1.807) is 20.8 Å². The second-order valence-corrected chi connectivity index (χ2v) is 9.30. The molecular formula is C26H33NO5. The summed E-state index contributed by atoms with van der Waals surface area (Å²) in [6, 6.07) is 13.0. The molecular weight excluding hydrogens is 406 g/mol. The Morgan fingerprint density at radius 3 is 2.50 bits per heavy atom. The van der Waals surface area contributed by atoms with Gasteiger partial charge in [0.2, 0.25) is 0 Å². The fourth-order valence-electron chi connectivity index (χ4n) is 3.88. The number of amides is 1. The zero-order chi connectivity index (χ0) is 23.1. The van der Waals surface area contributed by atoms with Crippen molar-refractivity contribution < 1.29 is 24.2 Å². The first-order valence-corrected chi connectivity index (χ1v) is 11.2. The zero-order valence-electron chi connectivity index (χ0n) is 19.1. The van der Waals surface area contributed by atoms with Crippen molar-refractivity contribution >= 4 is 12.1 Å². The molecule has 0 saturated heterocycles. The summed E-state index contributed by atoms with van der Waals surface area (Å²) in [4.78, 5) is 23.6. The van der Waals surface area contributed by atoms with E-state index in [-0.39, 0.29) is 6.42 Å². The van der Waals surface area contributed by atoms with Gasteiger partial charge in [0, 0.05) is 12.8 Å².